The second-order valence-electron chi connectivity index (χ2n) is 2.71. The summed E-state index contributed by atoms with van der Waals surface area (Å²) in [6.07, 6.45) is 5.66. The number of aliphatic hydroxyl groups excluding tert-OH is 1. The molecule has 1 unspecified atom stereocenters. The Balaban J connectivity index is 2.43. The van der Waals surface area contributed by atoms with Gasteiger partial charge in [-0.1, -0.05) is 12.2 Å². The Kier molecular flexibility index (Phi) is 3.11. The summed E-state index contributed by atoms with van der Waals surface area (Å²) in [6.45, 7) is 1.43. The fourth-order valence-electron chi connectivity index (χ4n) is 1.11. The molecule has 0 aromatic rings. The van der Waals surface area contributed by atoms with Gasteiger partial charge in [0, 0.05) is 13.1 Å². The van der Waals surface area contributed by atoms with Crippen molar-refractivity contribution in [2.75, 3.05) is 13.1 Å². The van der Waals surface area contributed by atoms with Gasteiger partial charge in [-0.05, 0) is 12.8 Å². The second-order valence-corrected chi connectivity index (χ2v) is 2.71. The Labute approximate surface area is 66.3 Å². The highest BCUT2D eigenvalue weighted by atomic mass is 16.3. The van der Waals surface area contributed by atoms with Crippen molar-refractivity contribution in [1.82, 2.24) is 4.90 Å². The van der Waals surface area contributed by atoms with Crippen LogP contribution in [0.25, 0.3) is 0 Å². The molecule has 1 aliphatic rings. The van der Waals surface area contributed by atoms with Gasteiger partial charge in [-0.25, -0.2) is 0 Å². The fourth-order valence-corrected chi connectivity index (χ4v) is 1.11. The van der Waals surface area contributed by atoms with Gasteiger partial charge < -0.3 is 10.0 Å². The van der Waals surface area contributed by atoms with Crippen LogP contribution < -0.4 is 0 Å². The van der Waals surface area contributed by atoms with Crippen LogP contribution in [0.2, 0.25) is 0 Å². The van der Waals surface area contributed by atoms with Crippen LogP contribution in [0.3, 0.4) is 0 Å². The number of hydrogen-bond acceptors (Lipinski definition) is 2. The molecule has 0 aliphatic carbocycles. The predicted octanol–water partition coefficient (Wildman–Crippen LogP) is 0.156. The van der Waals surface area contributed by atoms with Crippen LogP contribution in [-0.4, -0.2) is 35.6 Å². The van der Waals surface area contributed by atoms with Gasteiger partial charge in [-0.15, -0.1) is 0 Å². The van der Waals surface area contributed by atoms with E-state index < -0.39 is 0 Å². The van der Waals surface area contributed by atoms with E-state index in [0.717, 1.165) is 19.4 Å². The Morgan fingerprint density at radius 1 is 1.55 bits per heavy atom. The van der Waals surface area contributed by atoms with Crippen molar-refractivity contribution < 1.29 is 9.90 Å². The first kappa shape index (κ1) is 8.27. The SMILES string of the molecule is O=CN1CC/C=C/C(O)CC1. The van der Waals surface area contributed by atoms with Gasteiger partial charge in [0.15, 0.2) is 0 Å². The monoisotopic (exact) mass is 155 g/mol. The molecule has 3 nitrogen and oxygen atoms in total. The minimum atomic E-state index is -0.377. The van der Waals surface area contributed by atoms with Crippen LogP contribution in [0.4, 0.5) is 0 Å². The molecule has 0 radical (unpaired) electrons. The first-order valence-corrected chi connectivity index (χ1v) is 3.87. The number of amides is 1. The third-order valence-corrected chi connectivity index (χ3v) is 1.80. The molecule has 1 rings (SSSR count). The van der Waals surface area contributed by atoms with Gasteiger partial charge in [-0.2, -0.15) is 0 Å². The molecule has 0 bridgehead atoms. The molecule has 1 amide bonds. The van der Waals surface area contributed by atoms with Crippen molar-refractivity contribution in [3.05, 3.63) is 12.2 Å². The summed E-state index contributed by atoms with van der Waals surface area (Å²) >= 11 is 0. The number of aliphatic hydroxyl groups is 1. The van der Waals surface area contributed by atoms with Crippen LogP contribution in [0.15, 0.2) is 12.2 Å². The average molecular weight is 155 g/mol. The van der Waals surface area contributed by atoms with E-state index in [-0.39, 0.29) is 6.10 Å². The Morgan fingerprint density at radius 3 is 3.09 bits per heavy atom. The number of rotatable bonds is 1. The third kappa shape index (κ3) is 2.72. The largest absolute Gasteiger partial charge is 0.389 e. The number of nitrogens with zero attached hydrogens (tertiary/aromatic N) is 1. The maximum Gasteiger partial charge on any atom is 0.209 e. The van der Waals surface area contributed by atoms with Gasteiger partial charge in [-0.3, -0.25) is 4.79 Å². The molecule has 11 heavy (non-hydrogen) atoms. The zero-order valence-electron chi connectivity index (χ0n) is 6.44. The molecule has 0 spiro atoms. The van der Waals surface area contributed by atoms with Crippen molar-refractivity contribution in [3.63, 3.8) is 0 Å². The zero-order valence-corrected chi connectivity index (χ0v) is 6.44. The predicted molar refractivity (Wildman–Crippen MR) is 42.0 cm³/mol. The lowest BCUT2D eigenvalue weighted by molar-refractivity contribution is -0.118. The molecule has 0 aromatic carbocycles. The highest BCUT2D eigenvalue weighted by Gasteiger charge is 2.06. The normalized spacial score (nSPS) is 28.8. The summed E-state index contributed by atoms with van der Waals surface area (Å²) in [4.78, 5) is 12.0. The molecule has 0 fully saturated rings. The van der Waals surface area contributed by atoms with Gasteiger partial charge >= 0.3 is 0 Å². The van der Waals surface area contributed by atoms with Crippen molar-refractivity contribution in [2.45, 2.75) is 18.9 Å². The van der Waals surface area contributed by atoms with Crippen LogP contribution in [0.5, 0.6) is 0 Å². The third-order valence-electron chi connectivity index (χ3n) is 1.80. The molecular weight excluding hydrogens is 142 g/mol. The van der Waals surface area contributed by atoms with Crippen molar-refractivity contribution in [2.24, 2.45) is 0 Å². The van der Waals surface area contributed by atoms with Gasteiger partial charge in [0.1, 0.15) is 0 Å². The minimum absolute atomic E-state index is 0.377. The summed E-state index contributed by atoms with van der Waals surface area (Å²) in [7, 11) is 0. The lowest BCUT2D eigenvalue weighted by atomic mass is 10.2. The highest BCUT2D eigenvalue weighted by Crippen LogP contribution is 2.02. The lowest BCUT2D eigenvalue weighted by Gasteiger charge is -2.19. The summed E-state index contributed by atoms with van der Waals surface area (Å²) in [6, 6.07) is 0. The first-order chi connectivity index (χ1) is 5.33. The Morgan fingerprint density at radius 2 is 2.36 bits per heavy atom. The summed E-state index contributed by atoms with van der Waals surface area (Å²) in [5, 5.41) is 9.20. The number of carbonyl (C=O) groups is 1. The summed E-state index contributed by atoms with van der Waals surface area (Å²) in [5.41, 5.74) is 0. The minimum Gasteiger partial charge on any atom is -0.389 e. The molecule has 3 heteroatoms. The lowest BCUT2D eigenvalue weighted by Crippen LogP contribution is -2.27. The maximum atomic E-state index is 10.4. The molecule has 0 saturated carbocycles. The maximum absolute atomic E-state index is 10.4. The highest BCUT2D eigenvalue weighted by molar-refractivity contribution is 5.46. The first-order valence-electron chi connectivity index (χ1n) is 3.87. The van der Waals surface area contributed by atoms with E-state index in [2.05, 4.69) is 0 Å². The quantitative estimate of drug-likeness (QED) is 0.432. The van der Waals surface area contributed by atoms with E-state index in [1.807, 2.05) is 6.08 Å². The molecule has 62 valence electrons. The van der Waals surface area contributed by atoms with Gasteiger partial charge in [0.2, 0.25) is 6.41 Å². The van der Waals surface area contributed by atoms with E-state index in [0.29, 0.717) is 13.0 Å². The number of carbonyl (C=O) groups excluding carboxylic acids is 1. The van der Waals surface area contributed by atoms with E-state index in [9.17, 15) is 9.90 Å². The van der Waals surface area contributed by atoms with E-state index in [4.69, 9.17) is 0 Å². The summed E-state index contributed by atoms with van der Waals surface area (Å²) in [5.74, 6) is 0. The average Bonchev–Trinajstić information content (AvgIpc) is 1.98. The second kappa shape index (κ2) is 4.13. The molecule has 0 aromatic heterocycles. The van der Waals surface area contributed by atoms with Gasteiger partial charge in [0.25, 0.3) is 0 Å². The number of hydrogen-bond donors (Lipinski definition) is 1. The van der Waals surface area contributed by atoms with E-state index >= 15 is 0 Å². The van der Waals surface area contributed by atoms with Crippen LogP contribution >= 0.6 is 0 Å². The van der Waals surface area contributed by atoms with Crippen LogP contribution in [0.1, 0.15) is 12.8 Å². The van der Waals surface area contributed by atoms with Crippen molar-refractivity contribution in [3.8, 4) is 0 Å². The molecular formula is C8H13NO2. The van der Waals surface area contributed by atoms with Crippen molar-refractivity contribution >= 4 is 6.41 Å². The van der Waals surface area contributed by atoms with E-state index in [1.54, 1.807) is 11.0 Å². The van der Waals surface area contributed by atoms with Gasteiger partial charge in [0.05, 0.1) is 6.10 Å². The molecule has 0 saturated heterocycles. The smallest absolute Gasteiger partial charge is 0.209 e. The fraction of sp³-hybridized carbons (Fsp3) is 0.625. The van der Waals surface area contributed by atoms with Crippen LogP contribution in [0, 0.1) is 0 Å². The Bertz CT molecular complexity index is 156. The molecule has 1 atom stereocenters. The zero-order chi connectivity index (χ0) is 8.10. The summed E-state index contributed by atoms with van der Waals surface area (Å²) < 4.78 is 0. The van der Waals surface area contributed by atoms with Crippen molar-refractivity contribution in [1.29, 1.82) is 0 Å². The topological polar surface area (TPSA) is 40.5 Å². The standard InChI is InChI=1S/C8H13NO2/c10-7-9-5-2-1-3-8(11)4-6-9/h1,3,7-8,11H,2,4-6H2/b3-1+. The van der Waals surface area contributed by atoms with E-state index in [1.165, 1.54) is 0 Å². The molecule has 1 heterocycles. The molecule has 1 N–H and O–H groups in total. The van der Waals surface area contributed by atoms with Crippen LogP contribution in [-0.2, 0) is 4.79 Å². The molecule has 1 aliphatic heterocycles. The Hall–Kier alpha value is -0.830.